The molecule has 0 aliphatic heterocycles. The first-order valence-electron chi connectivity index (χ1n) is 2.63. The Labute approximate surface area is 55.0 Å². The van der Waals surface area contributed by atoms with Crippen molar-refractivity contribution in [3.8, 4) is 0 Å². The summed E-state index contributed by atoms with van der Waals surface area (Å²) in [5.41, 5.74) is 6.12. The predicted octanol–water partition coefficient (Wildman–Crippen LogP) is 0.925. The van der Waals surface area contributed by atoms with Crippen LogP contribution in [0.4, 0.5) is 0 Å². The summed E-state index contributed by atoms with van der Waals surface area (Å²) in [4.78, 5) is 0. The highest BCUT2D eigenvalue weighted by atomic mass is 15.2. The van der Waals surface area contributed by atoms with Crippen molar-refractivity contribution < 1.29 is 0 Å². The zero-order valence-corrected chi connectivity index (χ0v) is 5.76. The Bertz CT molecular complexity index is 152. The van der Waals surface area contributed by atoms with Crippen molar-refractivity contribution in [1.29, 1.82) is 0 Å². The van der Waals surface area contributed by atoms with Crippen LogP contribution in [0.25, 0.3) is 0 Å². The summed E-state index contributed by atoms with van der Waals surface area (Å²) >= 11 is 0. The molecule has 0 aromatic heterocycles. The van der Waals surface area contributed by atoms with Gasteiger partial charge in [0.05, 0.1) is 0 Å². The Morgan fingerprint density at radius 1 is 1.44 bits per heavy atom. The van der Waals surface area contributed by atoms with E-state index in [2.05, 4.69) is 16.8 Å². The van der Waals surface area contributed by atoms with Crippen LogP contribution in [0.1, 0.15) is 13.8 Å². The monoisotopic (exact) mass is 125 g/mol. The summed E-state index contributed by atoms with van der Waals surface area (Å²) in [6.45, 7) is 7.11. The van der Waals surface area contributed by atoms with Gasteiger partial charge in [-0.25, -0.2) is 0 Å². The van der Waals surface area contributed by atoms with E-state index in [-0.39, 0.29) is 0 Å². The lowest BCUT2D eigenvalue weighted by atomic mass is 10.5. The minimum absolute atomic E-state index is 0.344. The zero-order valence-electron chi connectivity index (χ0n) is 5.76. The number of nitrogens with two attached hydrogens (primary N) is 1. The quantitative estimate of drug-likeness (QED) is 0.333. The summed E-state index contributed by atoms with van der Waals surface area (Å²) in [5.74, 6) is 0.344. The molecule has 0 aromatic carbocycles. The molecule has 9 heavy (non-hydrogen) atoms. The minimum Gasteiger partial charge on any atom is -0.382 e. The van der Waals surface area contributed by atoms with E-state index in [0.717, 1.165) is 5.71 Å². The van der Waals surface area contributed by atoms with Crippen molar-refractivity contribution in [2.24, 2.45) is 15.9 Å². The van der Waals surface area contributed by atoms with Crippen LogP contribution in [-0.2, 0) is 0 Å². The Balaban J connectivity index is 3.98. The van der Waals surface area contributed by atoms with Crippen molar-refractivity contribution in [2.75, 3.05) is 0 Å². The highest BCUT2D eigenvalue weighted by molar-refractivity contribution is 5.91. The SMILES string of the molecule is C=C/C(N)=N\N=C(C)C. The highest BCUT2D eigenvalue weighted by Crippen LogP contribution is 1.77. The van der Waals surface area contributed by atoms with E-state index in [1.165, 1.54) is 6.08 Å². The molecule has 0 radical (unpaired) electrons. The van der Waals surface area contributed by atoms with E-state index in [4.69, 9.17) is 5.73 Å². The third-order valence-corrected chi connectivity index (χ3v) is 0.575. The van der Waals surface area contributed by atoms with E-state index >= 15 is 0 Å². The average Bonchev–Trinajstić information content (AvgIpc) is 1.83. The van der Waals surface area contributed by atoms with Crippen molar-refractivity contribution in [3.05, 3.63) is 12.7 Å². The fraction of sp³-hybridized carbons (Fsp3) is 0.333. The molecule has 0 bridgehead atoms. The van der Waals surface area contributed by atoms with Gasteiger partial charge >= 0.3 is 0 Å². The molecule has 0 saturated heterocycles. The van der Waals surface area contributed by atoms with Crippen LogP contribution in [0, 0.1) is 0 Å². The molecule has 0 amide bonds. The Kier molecular flexibility index (Phi) is 3.35. The van der Waals surface area contributed by atoms with E-state index in [0.29, 0.717) is 5.84 Å². The first-order valence-corrected chi connectivity index (χ1v) is 2.63. The molecule has 0 fully saturated rings. The standard InChI is InChI=1S/C6H11N3/c1-4-6(7)9-8-5(2)3/h4H,1H2,2-3H3,(H2,7,9). The number of hydrogen-bond acceptors (Lipinski definition) is 2. The van der Waals surface area contributed by atoms with Gasteiger partial charge in [0.2, 0.25) is 0 Å². The fourth-order valence-corrected chi connectivity index (χ4v) is 0.199. The molecular weight excluding hydrogens is 114 g/mol. The molecule has 0 heterocycles. The van der Waals surface area contributed by atoms with E-state index in [1.54, 1.807) is 0 Å². The maximum atomic E-state index is 5.25. The van der Waals surface area contributed by atoms with Gasteiger partial charge in [0.1, 0.15) is 5.84 Å². The Morgan fingerprint density at radius 3 is 2.33 bits per heavy atom. The third kappa shape index (κ3) is 4.74. The number of hydrogen-bond donors (Lipinski definition) is 1. The molecule has 3 nitrogen and oxygen atoms in total. The van der Waals surface area contributed by atoms with E-state index < -0.39 is 0 Å². The Hall–Kier alpha value is -1.12. The largest absolute Gasteiger partial charge is 0.382 e. The summed E-state index contributed by atoms with van der Waals surface area (Å²) < 4.78 is 0. The summed E-state index contributed by atoms with van der Waals surface area (Å²) in [7, 11) is 0. The molecular formula is C6H11N3. The Morgan fingerprint density at radius 2 is 2.00 bits per heavy atom. The third-order valence-electron chi connectivity index (χ3n) is 0.575. The average molecular weight is 125 g/mol. The summed E-state index contributed by atoms with van der Waals surface area (Å²) in [5, 5.41) is 7.31. The molecule has 0 spiro atoms. The van der Waals surface area contributed by atoms with Crippen molar-refractivity contribution in [2.45, 2.75) is 13.8 Å². The molecule has 0 aliphatic carbocycles. The second-order valence-corrected chi connectivity index (χ2v) is 1.78. The lowest BCUT2D eigenvalue weighted by Crippen LogP contribution is -2.05. The predicted molar refractivity (Wildman–Crippen MR) is 40.6 cm³/mol. The van der Waals surface area contributed by atoms with E-state index in [9.17, 15) is 0 Å². The number of amidine groups is 1. The summed E-state index contributed by atoms with van der Waals surface area (Å²) in [6.07, 6.45) is 1.45. The molecule has 50 valence electrons. The van der Waals surface area contributed by atoms with Gasteiger partial charge in [0.15, 0.2) is 0 Å². The summed E-state index contributed by atoms with van der Waals surface area (Å²) in [6, 6.07) is 0. The molecule has 0 aliphatic rings. The van der Waals surface area contributed by atoms with Gasteiger partial charge in [-0.1, -0.05) is 6.58 Å². The molecule has 3 heteroatoms. The van der Waals surface area contributed by atoms with Crippen LogP contribution in [0.3, 0.4) is 0 Å². The topological polar surface area (TPSA) is 50.7 Å². The van der Waals surface area contributed by atoms with Gasteiger partial charge in [-0.05, 0) is 19.9 Å². The van der Waals surface area contributed by atoms with Crippen LogP contribution >= 0.6 is 0 Å². The second-order valence-electron chi connectivity index (χ2n) is 1.78. The maximum absolute atomic E-state index is 5.25. The fourth-order valence-electron chi connectivity index (χ4n) is 0.199. The van der Waals surface area contributed by atoms with Gasteiger partial charge in [-0.15, -0.1) is 5.10 Å². The number of rotatable bonds is 2. The lowest BCUT2D eigenvalue weighted by Gasteiger charge is -1.85. The van der Waals surface area contributed by atoms with Gasteiger partial charge in [-0.3, -0.25) is 0 Å². The van der Waals surface area contributed by atoms with Crippen molar-refractivity contribution in [3.63, 3.8) is 0 Å². The molecule has 0 rings (SSSR count). The molecule has 0 atom stereocenters. The van der Waals surface area contributed by atoms with Gasteiger partial charge in [-0.2, -0.15) is 5.10 Å². The molecule has 0 aromatic rings. The first kappa shape index (κ1) is 7.88. The van der Waals surface area contributed by atoms with Crippen LogP contribution in [0.2, 0.25) is 0 Å². The van der Waals surface area contributed by atoms with Crippen LogP contribution in [0.5, 0.6) is 0 Å². The van der Waals surface area contributed by atoms with Crippen LogP contribution < -0.4 is 5.73 Å². The van der Waals surface area contributed by atoms with Gasteiger partial charge in [0, 0.05) is 5.71 Å². The molecule has 2 N–H and O–H groups in total. The van der Waals surface area contributed by atoms with Crippen LogP contribution in [-0.4, -0.2) is 11.5 Å². The van der Waals surface area contributed by atoms with Crippen LogP contribution in [0.15, 0.2) is 22.9 Å². The molecule has 0 saturated carbocycles. The highest BCUT2D eigenvalue weighted by Gasteiger charge is 1.77. The first-order chi connectivity index (χ1) is 4.16. The number of nitrogens with zero attached hydrogens (tertiary/aromatic N) is 2. The van der Waals surface area contributed by atoms with Gasteiger partial charge in [0.25, 0.3) is 0 Å². The molecule has 0 unspecified atom stereocenters. The van der Waals surface area contributed by atoms with E-state index in [1.807, 2.05) is 13.8 Å². The maximum Gasteiger partial charge on any atom is 0.145 e. The minimum atomic E-state index is 0.344. The van der Waals surface area contributed by atoms with Crippen molar-refractivity contribution in [1.82, 2.24) is 0 Å². The van der Waals surface area contributed by atoms with Crippen molar-refractivity contribution >= 4 is 11.5 Å². The second kappa shape index (κ2) is 3.83. The zero-order chi connectivity index (χ0) is 7.28. The van der Waals surface area contributed by atoms with Gasteiger partial charge < -0.3 is 5.73 Å². The normalized spacial score (nSPS) is 10.7. The smallest absolute Gasteiger partial charge is 0.145 e. The lowest BCUT2D eigenvalue weighted by molar-refractivity contribution is 1.21.